The minimum Gasteiger partial charge on any atom is -0.455 e. The number of amides is 3. The minimum absolute atomic E-state index is 0.0310. The molecule has 3 amide bonds. The van der Waals surface area contributed by atoms with E-state index in [4.69, 9.17) is 25.8 Å². The van der Waals surface area contributed by atoms with E-state index in [0.29, 0.717) is 29.1 Å². The SMILES string of the molecule is C=CCCC(=O)N[C@@H](COC)[C@@H](OC(=O)[C@H]1[C@@H]2O[C@@]3(CC2Br)[C@@H]1C(=O)N([C@@H](CO)[C@@H](C)CC)[C@@H]3C(=O)N(CC=C)c1ccccc1Cl)c1ccccc1. The minimum atomic E-state index is -1.44. The van der Waals surface area contributed by atoms with Crippen LogP contribution < -0.4 is 10.2 Å². The number of benzene rings is 2. The van der Waals surface area contributed by atoms with Crippen LogP contribution >= 0.6 is 27.5 Å². The molecule has 1 spiro atoms. The van der Waals surface area contributed by atoms with Crippen LogP contribution in [0.4, 0.5) is 5.69 Å². The predicted molar refractivity (Wildman–Crippen MR) is 205 cm³/mol. The van der Waals surface area contributed by atoms with Gasteiger partial charge >= 0.3 is 5.97 Å². The molecule has 0 saturated carbocycles. The number of carbonyl (C=O) groups excluding carboxylic acids is 4. The van der Waals surface area contributed by atoms with Gasteiger partial charge in [-0.3, -0.25) is 19.2 Å². The van der Waals surface area contributed by atoms with Crippen molar-refractivity contribution in [1.82, 2.24) is 10.2 Å². The maximum atomic E-state index is 15.1. The molecule has 3 heterocycles. The molecule has 11 nitrogen and oxygen atoms in total. The lowest BCUT2D eigenvalue weighted by Crippen LogP contribution is -2.60. The number of alkyl halides is 1. The number of carbonyl (C=O) groups is 4. The highest BCUT2D eigenvalue weighted by atomic mass is 79.9. The number of hydrogen-bond acceptors (Lipinski definition) is 8. The van der Waals surface area contributed by atoms with E-state index in [0.717, 1.165) is 0 Å². The van der Waals surface area contributed by atoms with Crippen LogP contribution in [0, 0.1) is 17.8 Å². The Kier molecular flexibility index (Phi) is 13.6. The van der Waals surface area contributed by atoms with Gasteiger partial charge in [0.2, 0.25) is 11.8 Å². The molecule has 3 fully saturated rings. The smallest absolute Gasteiger partial charge is 0.313 e. The Labute approximate surface area is 324 Å². The van der Waals surface area contributed by atoms with Crippen molar-refractivity contribution < 1.29 is 38.5 Å². The Bertz CT molecular complexity index is 1660. The van der Waals surface area contributed by atoms with Crippen LogP contribution in [-0.2, 0) is 33.4 Å². The first-order valence-corrected chi connectivity index (χ1v) is 19.3. The summed E-state index contributed by atoms with van der Waals surface area (Å²) < 4.78 is 18.6. The van der Waals surface area contributed by atoms with Crippen LogP contribution in [0.1, 0.15) is 51.2 Å². The van der Waals surface area contributed by atoms with Gasteiger partial charge in [-0.1, -0.05) is 102 Å². The molecule has 5 rings (SSSR count). The van der Waals surface area contributed by atoms with Crippen LogP contribution in [0.2, 0.25) is 5.02 Å². The molecule has 3 aliphatic rings. The van der Waals surface area contributed by atoms with Crippen LogP contribution in [0.25, 0.3) is 0 Å². The van der Waals surface area contributed by atoms with Gasteiger partial charge in [-0.2, -0.15) is 0 Å². The molecule has 53 heavy (non-hydrogen) atoms. The number of aliphatic hydroxyl groups is 1. The van der Waals surface area contributed by atoms with E-state index in [9.17, 15) is 19.5 Å². The van der Waals surface area contributed by atoms with Gasteiger partial charge in [-0.05, 0) is 36.5 Å². The third kappa shape index (κ3) is 7.84. The Hall–Kier alpha value is -3.55. The zero-order chi connectivity index (χ0) is 38.4. The molecule has 2 aromatic rings. The van der Waals surface area contributed by atoms with Crippen molar-refractivity contribution in [3.05, 3.63) is 90.5 Å². The fraction of sp³-hybridized carbons (Fsp3) is 0.500. The first-order chi connectivity index (χ1) is 25.5. The summed E-state index contributed by atoms with van der Waals surface area (Å²) in [4.78, 5) is 60.2. The zero-order valence-corrected chi connectivity index (χ0v) is 32.7. The number of likely N-dealkylation sites (tertiary alicyclic amines) is 1. The van der Waals surface area contributed by atoms with Gasteiger partial charge in [0.25, 0.3) is 5.91 Å². The number of allylic oxidation sites excluding steroid dienone is 1. The van der Waals surface area contributed by atoms with Crippen LogP contribution in [-0.4, -0.2) is 95.2 Å². The molecule has 3 aliphatic heterocycles. The highest BCUT2D eigenvalue weighted by molar-refractivity contribution is 9.09. The summed E-state index contributed by atoms with van der Waals surface area (Å²) in [5.41, 5.74) is -0.393. The molecule has 2 aromatic carbocycles. The van der Waals surface area contributed by atoms with E-state index in [-0.39, 0.29) is 37.8 Å². The van der Waals surface area contributed by atoms with E-state index in [2.05, 4.69) is 34.4 Å². The van der Waals surface area contributed by atoms with Gasteiger partial charge < -0.3 is 34.4 Å². The van der Waals surface area contributed by atoms with Crippen molar-refractivity contribution in [2.45, 2.75) is 80.3 Å². The van der Waals surface area contributed by atoms with Crippen LogP contribution in [0.5, 0.6) is 0 Å². The molecule has 2 bridgehead atoms. The average Bonchev–Trinajstić information content (AvgIpc) is 3.75. The van der Waals surface area contributed by atoms with Crippen molar-refractivity contribution in [1.29, 1.82) is 0 Å². The summed E-state index contributed by atoms with van der Waals surface area (Å²) in [7, 11) is 1.49. The van der Waals surface area contributed by atoms with Gasteiger partial charge in [0.05, 0.1) is 53.9 Å². The quantitative estimate of drug-likeness (QED) is 0.116. The predicted octanol–water partition coefficient (Wildman–Crippen LogP) is 5.40. The lowest BCUT2D eigenvalue weighted by Gasteiger charge is -2.41. The number of nitrogens with one attached hydrogen (secondary N) is 1. The molecular weight excluding hydrogens is 766 g/mol. The van der Waals surface area contributed by atoms with Crippen molar-refractivity contribution >= 4 is 56.9 Å². The molecule has 0 aromatic heterocycles. The van der Waals surface area contributed by atoms with Crippen LogP contribution in [0.15, 0.2) is 79.9 Å². The summed E-state index contributed by atoms with van der Waals surface area (Å²) in [6.07, 6.45) is 2.94. The highest BCUT2D eigenvalue weighted by Crippen LogP contribution is 2.61. The number of esters is 1. The number of hydrogen-bond donors (Lipinski definition) is 2. The molecule has 1 unspecified atom stereocenters. The monoisotopic (exact) mass is 813 g/mol. The zero-order valence-electron chi connectivity index (χ0n) is 30.4. The van der Waals surface area contributed by atoms with E-state index in [1.54, 1.807) is 60.7 Å². The van der Waals surface area contributed by atoms with Crippen molar-refractivity contribution in [3.8, 4) is 0 Å². The molecule has 0 radical (unpaired) electrons. The second kappa shape index (κ2) is 17.7. The molecular formula is C40H49BrClN3O8. The number of ether oxygens (including phenoxy) is 3. The lowest BCUT2D eigenvalue weighted by atomic mass is 9.70. The second-order valence-electron chi connectivity index (χ2n) is 14.0. The summed E-state index contributed by atoms with van der Waals surface area (Å²) in [5.74, 6) is -4.32. The summed E-state index contributed by atoms with van der Waals surface area (Å²) >= 11 is 10.4. The number of halogens is 2. The van der Waals surface area contributed by atoms with E-state index >= 15 is 4.79 Å². The fourth-order valence-corrected chi connectivity index (χ4v) is 9.35. The lowest BCUT2D eigenvalue weighted by molar-refractivity contribution is -0.163. The second-order valence-corrected chi connectivity index (χ2v) is 15.5. The first-order valence-electron chi connectivity index (χ1n) is 18.1. The number of methoxy groups -OCH3 is 1. The van der Waals surface area contributed by atoms with Gasteiger partial charge in [-0.25, -0.2) is 0 Å². The molecule has 286 valence electrons. The Morgan fingerprint density at radius 1 is 1.17 bits per heavy atom. The third-order valence-electron chi connectivity index (χ3n) is 10.8. The molecule has 2 N–H and O–H groups in total. The topological polar surface area (TPSA) is 135 Å². The van der Waals surface area contributed by atoms with Gasteiger partial charge in [-0.15, -0.1) is 13.2 Å². The number of fused-ring (bicyclic) bond motifs is 1. The van der Waals surface area contributed by atoms with Gasteiger partial charge in [0, 0.05) is 24.9 Å². The van der Waals surface area contributed by atoms with E-state index in [1.807, 2.05) is 19.9 Å². The molecule has 10 atom stereocenters. The van der Waals surface area contributed by atoms with Crippen LogP contribution in [0.3, 0.4) is 0 Å². The molecule has 13 heteroatoms. The summed E-state index contributed by atoms with van der Waals surface area (Å²) in [6, 6.07) is 13.2. The molecule has 0 aliphatic carbocycles. The van der Waals surface area contributed by atoms with E-state index < -0.39 is 77.0 Å². The summed E-state index contributed by atoms with van der Waals surface area (Å²) in [5, 5.41) is 14.1. The average molecular weight is 815 g/mol. The number of nitrogens with zero attached hydrogens (tertiary/aromatic N) is 2. The number of anilines is 1. The van der Waals surface area contributed by atoms with Gasteiger partial charge in [0.1, 0.15) is 17.7 Å². The number of para-hydroxylation sites is 1. The normalized spacial score (nSPS) is 26.6. The Morgan fingerprint density at radius 3 is 2.49 bits per heavy atom. The largest absolute Gasteiger partial charge is 0.455 e. The van der Waals surface area contributed by atoms with E-state index in [1.165, 1.54) is 16.9 Å². The first kappa shape index (κ1) is 40.6. The highest BCUT2D eigenvalue weighted by Gasteiger charge is 2.78. The standard InChI is InChI=1S/C40H49BrClN3O8/c1-6-9-19-31(47)43-28(23-51-5)34(25-15-11-10-12-16-25)52-39(50)32-33-37(48)45(30(22-46)24(4)8-3)36(40(33)21-26(41)35(32)53-40)38(49)44(20-7-2)29-18-14-13-17-27(29)42/h6-7,10-18,24,26,28,30,32-36,46H,1-2,8-9,19-23H2,3-5H3,(H,43,47)/t24-,26?,28-,30-,32+,33-,34-,35+,36+,40-/m0/s1. The number of rotatable bonds is 18. The fourth-order valence-electron chi connectivity index (χ4n) is 8.17. The van der Waals surface area contributed by atoms with Gasteiger partial charge in [0.15, 0.2) is 0 Å². The third-order valence-corrected chi connectivity index (χ3v) is 12.0. The molecule has 3 saturated heterocycles. The van der Waals surface area contributed by atoms with Crippen molar-refractivity contribution in [3.63, 3.8) is 0 Å². The Morgan fingerprint density at radius 2 is 1.87 bits per heavy atom. The maximum Gasteiger partial charge on any atom is 0.313 e. The summed E-state index contributed by atoms with van der Waals surface area (Å²) in [6.45, 7) is 11.1. The maximum absolute atomic E-state index is 15.1. The Balaban J connectivity index is 1.58. The van der Waals surface area contributed by atoms with Crippen molar-refractivity contribution in [2.75, 3.05) is 31.8 Å². The number of aliphatic hydroxyl groups excluding tert-OH is 1. The van der Waals surface area contributed by atoms with Crippen molar-refractivity contribution in [2.24, 2.45) is 17.8 Å².